The molecule has 3 rings (SSSR count). The molecule has 0 radical (unpaired) electrons. The van der Waals surface area contributed by atoms with Gasteiger partial charge >= 0.3 is 11.9 Å². The van der Waals surface area contributed by atoms with Crippen LogP contribution in [0.1, 0.15) is 30.1 Å². The number of carbonyl (C=O) groups excluding carboxylic acids is 3. The maximum Gasteiger partial charge on any atom is 0.342 e. The molecule has 2 aromatic carbocycles. The molecule has 1 heterocycles. The topological polar surface area (TPSA) is 91.4 Å². The summed E-state index contributed by atoms with van der Waals surface area (Å²) in [4.78, 5) is 38.4. The molecule has 176 valence electrons. The summed E-state index contributed by atoms with van der Waals surface area (Å²) >= 11 is 0. The summed E-state index contributed by atoms with van der Waals surface area (Å²) in [6.07, 6.45) is 1.08. The van der Waals surface area contributed by atoms with Gasteiger partial charge in [0.05, 0.1) is 12.5 Å². The lowest BCUT2D eigenvalue weighted by Gasteiger charge is -2.30. The molecule has 1 aliphatic heterocycles. The quantitative estimate of drug-likeness (QED) is 0.402. The molecule has 0 bridgehead atoms. The zero-order valence-corrected chi connectivity index (χ0v) is 18.7. The molecule has 33 heavy (non-hydrogen) atoms. The van der Waals surface area contributed by atoms with Crippen molar-refractivity contribution < 1.29 is 33.3 Å². The lowest BCUT2D eigenvalue weighted by Crippen LogP contribution is -2.42. The lowest BCUT2D eigenvalue weighted by molar-refractivity contribution is -0.151. The number of amides is 1. The van der Waals surface area contributed by atoms with Gasteiger partial charge in [0.15, 0.2) is 6.61 Å². The van der Waals surface area contributed by atoms with E-state index in [0.29, 0.717) is 44.9 Å². The van der Waals surface area contributed by atoms with Crippen LogP contribution in [0.25, 0.3) is 0 Å². The molecule has 0 atom stereocenters. The average molecular weight is 456 g/mol. The van der Waals surface area contributed by atoms with Gasteiger partial charge in [0.25, 0.3) is 5.91 Å². The van der Waals surface area contributed by atoms with Gasteiger partial charge in [-0.3, -0.25) is 9.59 Å². The molecule has 1 aliphatic rings. The first-order chi connectivity index (χ1) is 16.1. The Kier molecular flexibility index (Phi) is 9.11. The van der Waals surface area contributed by atoms with E-state index in [2.05, 4.69) is 0 Å². The van der Waals surface area contributed by atoms with Crippen molar-refractivity contribution in [2.45, 2.75) is 19.8 Å². The molecule has 1 amide bonds. The average Bonchev–Trinajstić information content (AvgIpc) is 2.86. The molecule has 2 aromatic rings. The van der Waals surface area contributed by atoms with Gasteiger partial charge in [0, 0.05) is 13.1 Å². The van der Waals surface area contributed by atoms with E-state index in [-0.39, 0.29) is 36.6 Å². The van der Waals surface area contributed by atoms with E-state index in [4.69, 9.17) is 18.9 Å². The number of esters is 2. The fourth-order valence-corrected chi connectivity index (χ4v) is 3.51. The van der Waals surface area contributed by atoms with Crippen molar-refractivity contribution in [3.8, 4) is 11.5 Å². The Balaban J connectivity index is 1.43. The van der Waals surface area contributed by atoms with Crippen LogP contribution in [0.5, 0.6) is 11.5 Å². The van der Waals surface area contributed by atoms with E-state index >= 15 is 0 Å². The first-order valence-corrected chi connectivity index (χ1v) is 11.1. The Morgan fingerprint density at radius 1 is 0.879 bits per heavy atom. The zero-order chi connectivity index (χ0) is 23.5. The summed E-state index contributed by atoms with van der Waals surface area (Å²) in [5, 5.41) is 0. The second-order valence-corrected chi connectivity index (χ2v) is 7.49. The molecule has 0 N–H and O–H groups in total. The highest BCUT2D eigenvalue weighted by Crippen LogP contribution is 2.21. The summed E-state index contributed by atoms with van der Waals surface area (Å²) < 4.78 is 21.6. The van der Waals surface area contributed by atoms with Crippen LogP contribution in [-0.2, 0) is 19.1 Å². The summed E-state index contributed by atoms with van der Waals surface area (Å²) in [6, 6.07) is 16.1. The van der Waals surface area contributed by atoms with Gasteiger partial charge < -0.3 is 23.8 Å². The highest BCUT2D eigenvalue weighted by molar-refractivity contribution is 5.94. The molecule has 8 heteroatoms. The van der Waals surface area contributed by atoms with Crippen LogP contribution in [-0.4, -0.2) is 62.3 Å². The first kappa shape index (κ1) is 24.1. The van der Waals surface area contributed by atoms with E-state index in [1.165, 1.54) is 0 Å². The molecular weight excluding hydrogens is 426 g/mol. The van der Waals surface area contributed by atoms with Crippen LogP contribution < -0.4 is 9.47 Å². The van der Waals surface area contributed by atoms with Gasteiger partial charge in [-0.05, 0) is 44.0 Å². The number of ether oxygens (including phenoxy) is 4. The molecule has 0 unspecified atom stereocenters. The van der Waals surface area contributed by atoms with E-state index in [0.717, 1.165) is 5.75 Å². The summed E-state index contributed by atoms with van der Waals surface area (Å²) in [5.41, 5.74) is 0.242. The fourth-order valence-electron chi connectivity index (χ4n) is 3.51. The number of benzene rings is 2. The molecule has 0 spiro atoms. The Hall–Kier alpha value is -3.55. The van der Waals surface area contributed by atoms with E-state index < -0.39 is 5.97 Å². The number of hydrogen-bond acceptors (Lipinski definition) is 7. The Bertz CT molecular complexity index is 923. The number of likely N-dealkylation sites (tertiary alicyclic amines) is 1. The second-order valence-electron chi connectivity index (χ2n) is 7.49. The van der Waals surface area contributed by atoms with Crippen LogP contribution in [0.15, 0.2) is 54.6 Å². The molecule has 0 saturated carbocycles. The maximum absolute atomic E-state index is 12.6. The van der Waals surface area contributed by atoms with Crippen LogP contribution in [0.4, 0.5) is 0 Å². The molecule has 1 fully saturated rings. The highest BCUT2D eigenvalue weighted by atomic mass is 16.5. The van der Waals surface area contributed by atoms with Crippen molar-refractivity contribution >= 4 is 17.8 Å². The minimum Gasteiger partial charge on any atom is -0.490 e. The lowest BCUT2D eigenvalue weighted by atomic mass is 9.97. The van der Waals surface area contributed by atoms with Gasteiger partial charge in [-0.25, -0.2) is 4.79 Å². The first-order valence-electron chi connectivity index (χ1n) is 11.1. The SMILES string of the molecule is CCOC(=O)C1CCN(C(=O)COC(=O)c2ccccc2OCCOc2ccccc2)CC1. The van der Waals surface area contributed by atoms with Gasteiger partial charge in [-0.2, -0.15) is 0 Å². The Morgan fingerprint density at radius 3 is 2.27 bits per heavy atom. The second kappa shape index (κ2) is 12.5. The van der Waals surface area contributed by atoms with Gasteiger partial charge in [0.1, 0.15) is 30.3 Å². The minimum absolute atomic E-state index is 0.188. The number of rotatable bonds is 10. The van der Waals surface area contributed by atoms with Crippen molar-refractivity contribution in [1.82, 2.24) is 4.90 Å². The van der Waals surface area contributed by atoms with Gasteiger partial charge in [-0.15, -0.1) is 0 Å². The molecule has 8 nitrogen and oxygen atoms in total. The molecular formula is C25H29NO7. The number of nitrogens with zero attached hydrogens (tertiary/aromatic N) is 1. The van der Waals surface area contributed by atoms with Crippen molar-refractivity contribution in [3.05, 3.63) is 60.2 Å². The summed E-state index contributed by atoms with van der Waals surface area (Å²) in [5.74, 6) is -0.238. The van der Waals surface area contributed by atoms with E-state index in [9.17, 15) is 14.4 Å². The van der Waals surface area contributed by atoms with E-state index in [1.807, 2.05) is 30.3 Å². The number of para-hydroxylation sites is 2. The number of carbonyl (C=O) groups is 3. The third kappa shape index (κ3) is 7.24. The molecule has 1 saturated heterocycles. The highest BCUT2D eigenvalue weighted by Gasteiger charge is 2.28. The van der Waals surface area contributed by atoms with Crippen molar-refractivity contribution in [2.24, 2.45) is 5.92 Å². The van der Waals surface area contributed by atoms with Crippen molar-refractivity contribution in [3.63, 3.8) is 0 Å². The van der Waals surface area contributed by atoms with Crippen LogP contribution in [0, 0.1) is 5.92 Å². The number of piperidine rings is 1. The van der Waals surface area contributed by atoms with Crippen molar-refractivity contribution in [1.29, 1.82) is 0 Å². The zero-order valence-electron chi connectivity index (χ0n) is 18.7. The Morgan fingerprint density at radius 2 is 1.55 bits per heavy atom. The largest absolute Gasteiger partial charge is 0.490 e. The minimum atomic E-state index is -0.635. The third-order valence-electron chi connectivity index (χ3n) is 5.25. The van der Waals surface area contributed by atoms with Crippen LogP contribution in [0.3, 0.4) is 0 Å². The molecule has 0 aromatic heterocycles. The van der Waals surface area contributed by atoms with Crippen molar-refractivity contribution in [2.75, 3.05) is 39.5 Å². The fraction of sp³-hybridized carbons (Fsp3) is 0.400. The monoisotopic (exact) mass is 455 g/mol. The standard InChI is InChI=1S/C25H29NO7/c1-2-30-24(28)19-12-14-26(15-13-19)23(27)18-33-25(29)21-10-6-7-11-22(21)32-17-16-31-20-8-4-3-5-9-20/h3-11,19H,2,12-18H2,1H3. The van der Waals surface area contributed by atoms with Crippen LogP contribution in [0.2, 0.25) is 0 Å². The summed E-state index contributed by atoms with van der Waals surface area (Å²) in [7, 11) is 0. The van der Waals surface area contributed by atoms with Gasteiger partial charge in [0.2, 0.25) is 0 Å². The smallest absolute Gasteiger partial charge is 0.342 e. The van der Waals surface area contributed by atoms with Gasteiger partial charge in [-0.1, -0.05) is 30.3 Å². The van der Waals surface area contributed by atoms with E-state index in [1.54, 1.807) is 36.1 Å². The predicted molar refractivity (Wildman–Crippen MR) is 120 cm³/mol. The third-order valence-corrected chi connectivity index (χ3v) is 5.25. The Labute approximate surface area is 193 Å². The normalized spacial score (nSPS) is 13.8. The predicted octanol–water partition coefficient (Wildman–Crippen LogP) is 3.10. The summed E-state index contributed by atoms with van der Waals surface area (Å²) in [6.45, 7) is 3.17. The maximum atomic E-state index is 12.6. The van der Waals surface area contributed by atoms with Crippen LogP contribution >= 0.6 is 0 Å². The molecule has 0 aliphatic carbocycles. The number of hydrogen-bond donors (Lipinski definition) is 0.